The summed E-state index contributed by atoms with van der Waals surface area (Å²) in [4.78, 5) is 5.83. The first-order valence-electron chi connectivity index (χ1n) is 4.64. The molecule has 0 bridgehead atoms. The lowest BCUT2D eigenvalue weighted by atomic mass is 10.0. The highest BCUT2D eigenvalue weighted by atomic mass is 35.5. The number of halogens is 2. The van der Waals surface area contributed by atoms with Gasteiger partial charge in [-0.05, 0) is 31.4 Å². The van der Waals surface area contributed by atoms with E-state index in [0.29, 0.717) is 5.92 Å². The number of pyridine rings is 1. The van der Waals surface area contributed by atoms with Crippen molar-refractivity contribution in [2.75, 3.05) is 19.3 Å². The van der Waals surface area contributed by atoms with E-state index in [1.54, 1.807) is 0 Å². The summed E-state index contributed by atoms with van der Waals surface area (Å²) in [6, 6.07) is 4.20. The fourth-order valence-electron chi connectivity index (χ4n) is 1.72. The Labute approximate surface area is 107 Å². The molecule has 86 valence electrons. The van der Waals surface area contributed by atoms with Gasteiger partial charge >= 0.3 is 0 Å². The summed E-state index contributed by atoms with van der Waals surface area (Å²) in [5.41, 5.74) is 1.29. The quantitative estimate of drug-likeness (QED) is 0.891. The van der Waals surface area contributed by atoms with E-state index in [2.05, 4.69) is 16.4 Å². The van der Waals surface area contributed by atoms with Crippen LogP contribution >= 0.6 is 36.6 Å². The van der Waals surface area contributed by atoms with E-state index >= 15 is 0 Å². The Balaban J connectivity index is 0.000000980. The molecule has 0 aliphatic carbocycles. The second kappa shape index (κ2) is 7.34. The van der Waals surface area contributed by atoms with Crippen molar-refractivity contribution in [1.29, 1.82) is 0 Å². The third kappa shape index (κ3) is 3.52. The van der Waals surface area contributed by atoms with Crippen molar-refractivity contribution in [2.24, 2.45) is 0 Å². The van der Waals surface area contributed by atoms with Crippen LogP contribution < -0.4 is 5.32 Å². The van der Waals surface area contributed by atoms with Gasteiger partial charge in [-0.1, -0.05) is 0 Å². The largest absolute Gasteiger partial charge is 0.319 e. The highest BCUT2D eigenvalue weighted by Gasteiger charge is 2.20. The Kier molecular flexibility index (Phi) is 7.36. The van der Waals surface area contributed by atoms with Gasteiger partial charge in [0.25, 0.3) is 0 Å². The van der Waals surface area contributed by atoms with E-state index in [9.17, 15) is 0 Å². The lowest BCUT2D eigenvalue weighted by Gasteiger charge is -2.23. The molecule has 1 N–H and O–H groups in total. The van der Waals surface area contributed by atoms with Gasteiger partial charge in [-0.25, -0.2) is 0 Å². The van der Waals surface area contributed by atoms with Crippen LogP contribution in [0.25, 0.3) is 0 Å². The molecule has 1 atom stereocenters. The highest BCUT2D eigenvalue weighted by Crippen LogP contribution is 2.35. The predicted octanol–water partition coefficient (Wildman–Crippen LogP) is 2.72. The van der Waals surface area contributed by atoms with Gasteiger partial charge in [0.15, 0.2) is 0 Å². The summed E-state index contributed by atoms with van der Waals surface area (Å²) in [7, 11) is 2.00. The summed E-state index contributed by atoms with van der Waals surface area (Å²) >= 11 is 1.93. The fraction of sp³-hybridized carbons (Fsp3) is 0.500. The highest BCUT2D eigenvalue weighted by molar-refractivity contribution is 7.99. The molecule has 0 saturated carbocycles. The number of thioether (sulfide) groups is 1. The van der Waals surface area contributed by atoms with Gasteiger partial charge in [0.1, 0.15) is 0 Å². The molecule has 1 aromatic rings. The van der Waals surface area contributed by atoms with Crippen molar-refractivity contribution < 1.29 is 0 Å². The van der Waals surface area contributed by atoms with Gasteiger partial charge in [-0.2, -0.15) is 0 Å². The predicted molar refractivity (Wildman–Crippen MR) is 70.7 cm³/mol. The van der Waals surface area contributed by atoms with Crippen molar-refractivity contribution in [2.45, 2.75) is 17.2 Å². The number of nitrogens with one attached hydrogen (secondary N) is 1. The summed E-state index contributed by atoms with van der Waals surface area (Å²) in [5.74, 6) is 1.84. The first-order chi connectivity index (χ1) is 6.42. The molecule has 0 amide bonds. The van der Waals surface area contributed by atoms with Crippen LogP contribution in [0, 0.1) is 0 Å². The molecule has 0 fully saturated rings. The minimum atomic E-state index is 0. The Morgan fingerprint density at radius 3 is 3.07 bits per heavy atom. The van der Waals surface area contributed by atoms with Crippen LogP contribution in [-0.4, -0.2) is 24.3 Å². The second-order valence-electron chi connectivity index (χ2n) is 3.28. The van der Waals surface area contributed by atoms with Crippen LogP contribution in [0.4, 0.5) is 0 Å². The molecule has 1 aromatic heterocycles. The molecule has 15 heavy (non-hydrogen) atoms. The van der Waals surface area contributed by atoms with Gasteiger partial charge in [0, 0.05) is 23.6 Å². The maximum absolute atomic E-state index is 4.46. The van der Waals surface area contributed by atoms with Crippen molar-refractivity contribution in [1.82, 2.24) is 10.3 Å². The molecule has 1 aliphatic heterocycles. The average Bonchev–Trinajstić information content (AvgIpc) is 2.19. The van der Waals surface area contributed by atoms with E-state index in [-0.39, 0.29) is 24.8 Å². The van der Waals surface area contributed by atoms with Crippen LogP contribution in [0.15, 0.2) is 23.2 Å². The zero-order chi connectivity index (χ0) is 9.10. The molecule has 0 aromatic carbocycles. The normalized spacial score (nSPS) is 18.3. The summed E-state index contributed by atoms with van der Waals surface area (Å²) in [6.07, 6.45) is 3.14. The minimum absolute atomic E-state index is 0. The van der Waals surface area contributed by atoms with Gasteiger partial charge in [0.2, 0.25) is 0 Å². The van der Waals surface area contributed by atoms with Crippen molar-refractivity contribution in [3.63, 3.8) is 0 Å². The number of hydrogen-bond donors (Lipinski definition) is 1. The summed E-state index contributed by atoms with van der Waals surface area (Å²) in [5, 5.41) is 3.23. The third-order valence-corrected chi connectivity index (χ3v) is 3.46. The van der Waals surface area contributed by atoms with Crippen LogP contribution in [0.1, 0.15) is 18.0 Å². The minimum Gasteiger partial charge on any atom is -0.319 e. The third-order valence-electron chi connectivity index (χ3n) is 2.36. The molecule has 0 spiro atoms. The number of rotatable bonds is 2. The van der Waals surface area contributed by atoms with Crippen molar-refractivity contribution in [3.8, 4) is 0 Å². The molecule has 1 aliphatic rings. The smallest absolute Gasteiger partial charge is 0.0583 e. The lowest BCUT2D eigenvalue weighted by molar-refractivity contribution is 0.583. The molecular weight excluding hydrogens is 251 g/mol. The SMILES string of the molecule is CNC[C@H]1CCSc2cccnc21.Cl.Cl. The maximum atomic E-state index is 4.46. The van der Waals surface area contributed by atoms with E-state index in [0.717, 1.165) is 6.54 Å². The van der Waals surface area contributed by atoms with Crippen molar-refractivity contribution in [3.05, 3.63) is 24.0 Å². The lowest BCUT2D eigenvalue weighted by Crippen LogP contribution is -2.21. The summed E-state index contributed by atoms with van der Waals surface area (Å²) < 4.78 is 0. The number of nitrogens with zero attached hydrogens (tertiary/aromatic N) is 1. The first-order valence-corrected chi connectivity index (χ1v) is 5.62. The Hall–Kier alpha value is 0.0400. The van der Waals surface area contributed by atoms with Gasteiger partial charge < -0.3 is 5.32 Å². The van der Waals surface area contributed by atoms with Gasteiger partial charge in [-0.15, -0.1) is 36.6 Å². The molecule has 0 unspecified atom stereocenters. The maximum Gasteiger partial charge on any atom is 0.0583 e. The van der Waals surface area contributed by atoms with Crippen LogP contribution in [0.3, 0.4) is 0 Å². The summed E-state index contributed by atoms with van der Waals surface area (Å²) in [6.45, 7) is 1.05. The Morgan fingerprint density at radius 1 is 1.53 bits per heavy atom. The second-order valence-corrected chi connectivity index (χ2v) is 4.42. The standard InChI is InChI=1S/C10H14N2S.2ClH/c1-11-7-8-4-6-13-9-3-2-5-12-10(8)9;;/h2-3,5,8,11H,4,6-7H2,1H3;2*1H/t8-;;/m1../s1. The van der Waals surface area contributed by atoms with E-state index in [1.807, 2.05) is 31.1 Å². The Morgan fingerprint density at radius 2 is 2.33 bits per heavy atom. The average molecular weight is 267 g/mol. The number of aromatic nitrogens is 1. The first kappa shape index (κ1) is 15.0. The number of hydrogen-bond acceptors (Lipinski definition) is 3. The molecule has 2 nitrogen and oxygen atoms in total. The fourth-order valence-corrected chi connectivity index (χ4v) is 2.89. The molecule has 2 heterocycles. The molecular formula is C10H16Cl2N2S. The topological polar surface area (TPSA) is 24.9 Å². The van der Waals surface area contributed by atoms with Crippen LogP contribution in [0.2, 0.25) is 0 Å². The number of likely N-dealkylation sites (N-methyl/N-ethyl adjacent to an activating group) is 1. The van der Waals surface area contributed by atoms with E-state index in [1.165, 1.54) is 22.8 Å². The van der Waals surface area contributed by atoms with E-state index < -0.39 is 0 Å². The molecule has 2 rings (SSSR count). The van der Waals surface area contributed by atoms with Crippen LogP contribution in [-0.2, 0) is 0 Å². The van der Waals surface area contributed by atoms with Gasteiger partial charge in [0.05, 0.1) is 5.69 Å². The number of fused-ring (bicyclic) bond motifs is 1. The van der Waals surface area contributed by atoms with Gasteiger partial charge in [-0.3, -0.25) is 4.98 Å². The monoisotopic (exact) mass is 266 g/mol. The molecule has 5 heteroatoms. The molecule has 0 saturated heterocycles. The zero-order valence-electron chi connectivity index (χ0n) is 8.60. The van der Waals surface area contributed by atoms with Crippen molar-refractivity contribution >= 4 is 36.6 Å². The Bertz CT molecular complexity index is 297. The van der Waals surface area contributed by atoms with E-state index in [4.69, 9.17) is 0 Å². The van der Waals surface area contributed by atoms with Crippen LogP contribution in [0.5, 0.6) is 0 Å². The zero-order valence-corrected chi connectivity index (χ0v) is 11.1. The molecule has 0 radical (unpaired) electrons.